The Morgan fingerprint density at radius 3 is 2.66 bits per heavy atom. The van der Waals surface area contributed by atoms with Gasteiger partial charge in [-0.25, -0.2) is 17.2 Å². The first-order valence-electron chi connectivity index (χ1n) is 9.72. The molecule has 1 atom stereocenters. The van der Waals surface area contributed by atoms with E-state index in [4.69, 9.17) is 11.6 Å². The lowest BCUT2D eigenvalue weighted by molar-refractivity contribution is -0.138. The predicted molar refractivity (Wildman–Crippen MR) is 118 cm³/mol. The molecule has 32 heavy (non-hydrogen) atoms. The van der Waals surface area contributed by atoms with E-state index in [2.05, 4.69) is 9.71 Å². The normalized spacial score (nSPS) is 16.7. The van der Waals surface area contributed by atoms with Gasteiger partial charge in [0.05, 0.1) is 11.6 Å². The van der Waals surface area contributed by atoms with Crippen LogP contribution in [0.25, 0.3) is 5.57 Å². The molecule has 1 unspecified atom stereocenters. The highest BCUT2D eigenvalue weighted by Gasteiger charge is 2.33. The van der Waals surface area contributed by atoms with Crippen molar-refractivity contribution in [3.05, 3.63) is 70.5 Å². The Bertz CT molecular complexity index is 1230. The van der Waals surface area contributed by atoms with Gasteiger partial charge in [-0.05, 0) is 48.3 Å². The average molecular weight is 483 g/mol. The largest absolute Gasteiger partial charge is 0.481 e. The van der Waals surface area contributed by atoms with Crippen LogP contribution in [0.2, 0.25) is 0 Å². The van der Waals surface area contributed by atoms with Crippen LogP contribution in [-0.4, -0.2) is 30.4 Å². The number of carboxylic acids is 1. The smallest absolute Gasteiger partial charge is 0.310 e. The number of aryl methyl sites for hydroxylation is 1. The van der Waals surface area contributed by atoms with E-state index >= 15 is 0 Å². The number of aliphatic carboxylic acids is 1. The zero-order chi connectivity index (χ0) is 23.7. The third kappa shape index (κ3) is 5.34. The Labute approximate surface area is 189 Å². The maximum Gasteiger partial charge on any atom is 0.310 e. The summed E-state index contributed by atoms with van der Waals surface area (Å²) in [5.74, 6) is -5.26. The first kappa shape index (κ1) is 23.9. The summed E-state index contributed by atoms with van der Waals surface area (Å²) in [7, 11) is -4.13. The molecule has 1 aliphatic rings. The number of carbonyl (C=O) groups is 1. The van der Waals surface area contributed by atoms with Crippen molar-refractivity contribution in [2.75, 3.05) is 4.72 Å². The second-order valence-corrected chi connectivity index (χ2v) is 9.61. The van der Waals surface area contributed by atoms with Gasteiger partial charge in [-0.15, -0.1) is 0 Å². The van der Waals surface area contributed by atoms with Gasteiger partial charge in [0.25, 0.3) is 15.9 Å². The van der Waals surface area contributed by atoms with Crippen molar-refractivity contribution in [3.8, 4) is 0 Å². The summed E-state index contributed by atoms with van der Waals surface area (Å²) in [6.07, 6.45) is 4.58. The number of pyridine rings is 1. The molecule has 0 aliphatic heterocycles. The van der Waals surface area contributed by atoms with Crippen LogP contribution < -0.4 is 4.72 Å². The second kappa shape index (κ2) is 8.99. The summed E-state index contributed by atoms with van der Waals surface area (Å²) in [5, 5.41) is 9.16. The maximum atomic E-state index is 14.1. The predicted octanol–water partition coefficient (Wildman–Crippen LogP) is 5.18. The molecule has 2 N–H and O–H groups in total. The van der Waals surface area contributed by atoms with Crippen LogP contribution in [0.15, 0.2) is 58.7 Å². The number of hydrogen-bond acceptors (Lipinski definition) is 4. The van der Waals surface area contributed by atoms with Crippen molar-refractivity contribution >= 4 is 38.9 Å². The number of aromatic nitrogens is 1. The number of sulfonamides is 1. The minimum absolute atomic E-state index is 0.0223. The van der Waals surface area contributed by atoms with Crippen molar-refractivity contribution in [2.24, 2.45) is 0 Å². The summed E-state index contributed by atoms with van der Waals surface area (Å²) in [6.45, 7) is 3.29. The average Bonchev–Trinajstić information content (AvgIpc) is 2.71. The number of nitrogens with one attached hydrogen (secondary N) is 1. The van der Waals surface area contributed by atoms with E-state index in [1.165, 1.54) is 43.5 Å². The first-order chi connectivity index (χ1) is 14.9. The number of nitrogens with zero attached hydrogens (tertiary/aromatic N) is 1. The highest BCUT2D eigenvalue weighted by molar-refractivity contribution is 7.92. The van der Waals surface area contributed by atoms with E-state index in [1.54, 1.807) is 6.20 Å². The van der Waals surface area contributed by atoms with Gasteiger partial charge in [0, 0.05) is 35.5 Å². The van der Waals surface area contributed by atoms with Crippen molar-refractivity contribution in [3.63, 3.8) is 0 Å². The van der Waals surface area contributed by atoms with E-state index in [-0.39, 0.29) is 26.8 Å². The summed E-state index contributed by atoms with van der Waals surface area (Å²) < 4.78 is 56.7. The lowest BCUT2D eigenvalue weighted by atomic mass is 9.91. The molecule has 0 fully saturated rings. The molecule has 1 aromatic heterocycles. The molecule has 1 heterocycles. The summed E-state index contributed by atoms with van der Waals surface area (Å²) >= 11 is 5.86. The third-order valence-corrected chi connectivity index (χ3v) is 6.63. The number of benzene rings is 1. The van der Waals surface area contributed by atoms with Crippen molar-refractivity contribution < 1.29 is 27.1 Å². The molecule has 0 radical (unpaired) electrons. The van der Waals surface area contributed by atoms with Crippen LogP contribution in [-0.2, 0) is 21.2 Å². The van der Waals surface area contributed by atoms with E-state index in [0.717, 1.165) is 0 Å². The van der Waals surface area contributed by atoms with Gasteiger partial charge >= 0.3 is 5.97 Å². The molecule has 10 heteroatoms. The van der Waals surface area contributed by atoms with Crippen molar-refractivity contribution in [1.29, 1.82) is 0 Å². The number of allylic oxidation sites excluding steroid dienone is 4. The lowest BCUT2D eigenvalue weighted by Crippen LogP contribution is -2.19. The number of halogens is 3. The highest BCUT2D eigenvalue weighted by Crippen LogP contribution is 2.40. The Balaban J connectivity index is 2.12. The molecule has 1 aliphatic carbocycles. The number of anilines is 1. The second-order valence-electron chi connectivity index (χ2n) is 7.49. The minimum atomic E-state index is -4.13. The molecule has 0 saturated carbocycles. The number of rotatable bonds is 7. The topological polar surface area (TPSA) is 96.4 Å². The van der Waals surface area contributed by atoms with Crippen molar-refractivity contribution in [1.82, 2.24) is 4.98 Å². The van der Waals surface area contributed by atoms with E-state index in [1.807, 2.05) is 6.92 Å². The monoisotopic (exact) mass is 482 g/mol. The molecule has 170 valence electrons. The van der Waals surface area contributed by atoms with E-state index < -0.39 is 34.3 Å². The highest BCUT2D eigenvalue weighted by atomic mass is 35.5. The van der Waals surface area contributed by atoms with Crippen LogP contribution in [0.3, 0.4) is 0 Å². The van der Waals surface area contributed by atoms with Gasteiger partial charge in [-0.1, -0.05) is 30.7 Å². The van der Waals surface area contributed by atoms with Crippen LogP contribution in [0.1, 0.15) is 42.9 Å². The zero-order valence-electron chi connectivity index (χ0n) is 17.3. The van der Waals surface area contributed by atoms with Gasteiger partial charge in [-0.2, -0.15) is 0 Å². The molecule has 3 rings (SSSR count). The molecule has 0 spiro atoms. The number of alkyl halides is 2. The van der Waals surface area contributed by atoms with Crippen molar-refractivity contribution in [2.45, 2.75) is 43.4 Å². The van der Waals surface area contributed by atoms with Crippen LogP contribution in [0.5, 0.6) is 0 Å². The standard InChI is InChI=1S/C22H21ClF2N2O4S/c1-3-14-6-18(12-26-11-14)32(30,31)27-20-8-15(13(2)21(28)29)4-5-19(20)16-7-17(23)10-22(24,25)9-16/h4-8,10-13,27H,3,9H2,1-2H3,(H,28,29). The molecular formula is C22H21ClF2N2O4S. The molecule has 0 bridgehead atoms. The van der Waals surface area contributed by atoms with Gasteiger partial charge in [0.15, 0.2) is 0 Å². The molecule has 0 saturated heterocycles. The van der Waals surface area contributed by atoms with E-state index in [9.17, 15) is 27.1 Å². The summed E-state index contributed by atoms with van der Waals surface area (Å²) in [5.41, 5.74) is 1.29. The fraction of sp³-hybridized carbons (Fsp3) is 0.273. The maximum absolute atomic E-state index is 14.1. The van der Waals surface area contributed by atoms with Gasteiger partial charge < -0.3 is 5.11 Å². The number of hydrogen-bond donors (Lipinski definition) is 2. The minimum Gasteiger partial charge on any atom is -0.481 e. The van der Waals surface area contributed by atoms with Gasteiger partial charge in [0.1, 0.15) is 4.90 Å². The quantitative estimate of drug-likeness (QED) is 0.567. The first-order valence-corrected chi connectivity index (χ1v) is 11.6. The van der Waals surface area contributed by atoms with Crippen LogP contribution in [0.4, 0.5) is 14.5 Å². The van der Waals surface area contributed by atoms with Crippen LogP contribution >= 0.6 is 11.6 Å². The molecule has 0 amide bonds. The Morgan fingerprint density at radius 1 is 1.31 bits per heavy atom. The lowest BCUT2D eigenvalue weighted by Gasteiger charge is -2.23. The number of carboxylic acid groups (broad SMARTS) is 1. The third-order valence-electron chi connectivity index (χ3n) is 5.08. The summed E-state index contributed by atoms with van der Waals surface area (Å²) in [4.78, 5) is 15.3. The van der Waals surface area contributed by atoms with Gasteiger partial charge in [-0.3, -0.25) is 14.5 Å². The Hall–Kier alpha value is -2.78. The van der Waals surface area contributed by atoms with E-state index in [0.29, 0.717) is 23.6 Å². The fourth-order valence-corrected chi connectivity index (χ4v) is 4.66. The molecule has 2 aromatic rings. The van der Waals surface area contributed by atoms with Crippen LogP contribution in [0, 0.1) is 0 Å². The Kier molecular flexibility index (Phi) is 6.71. The molecule has 6 nitrogen and oxygen atoms in total. The Morgan fingerprint density at radius 2 is 2.03 bits per heavy atom. The fourth-order valence-electron chi connectivity index (χ4n) is 3.28. The molecular weight excluding hydrogens is 462 g/mol. The summed E-state index contributed by atoms with van der Waals surface area (Å²) in [6, 6.07) is 5.70. The molecule has 1 aromatic carbocycles. The zero-order valence-corrected chi connectivity index (χ0v) is 18.8. The SMILES string of the molecule is CCc1cncc(S(=O)(=O)Nc2cc(C(C)C(=O)O)ccc2C2=CC(Cl)=CC(F)(F)C2)c1. The van der Waals surface area contributed by atoms with Gasteiger partial charge in [0.2, 0.25) is 0 Å².